The van der Waals surface area contributed by atoms with Crippen molar-refractivity contribution in [2.45, 2.75) is 48.8 Å². The molecule has 0 bridgehead atoms. The van der Waals surface area contributed by atoms with Crippen molar-refractivity contribution in [2.75, 3.05) is 58.0 Å². The Kier molecular flexibility index (Phi) is 6.64. The number of piperazine rings is 1. The molecule has 2 saturated heterocycles. The average Bonchev–Trinajstić information content (AvgIpc) is 3.46. The summed E-state index contributed by atoms with van der Waals surface area (Å²) in [5.74, 6) is -0.448. The number of carbonyl (C=O) groups is 1. The highest BCUT2D eigenvalue weighted by Gasteiger charge is 2.52. The minimum Gasteiger partial charge on any atom is -0.377 e. The lowest BCUT2D eigenvalue weighted by Gasteiger charge is -2.39. The number of ether oxygens (including phenoxy) is 2. The number of fused-ring (bicyclic) bond motifs is 1. The summed E-state index contributed by atoms with van der Waals surface area (Å²) in [5.41, 5.74) is -2.91. The van der Waals surface area contributed by atoms with Crippen LogP contribution in [-0.4, -0.2) is 103 Å². The Morgan fingerprint density at radius 3 is 2.49 bits per heavy atom. The molecule has 2 aromatic heterocycles. The summed E-state index contributed by atoms with van der Waals surface area (Å²) in [7, 11) is -7.17. The summed E-state index contributed by atoms with van der Waals surface area (Å²) in [4.78, 5) is 29.9. The number of nitrogens with one attached hydrogen (secondary N) is 1. The summed E-state index contributed by atoms with van der Waals surface area (Å²) in [5, 5.41) is 6.43. The van der Waals surface area contributed by atoms with Crippen LogP contribution in [0, 0.1) is 0 Å². The van der Waals surface area contributed by atoms with Crippen molar-refractivity contribution in [1.82, 2.24) is 29.0 Å². The molecule has 6 rings (SSSR count). The van der Waals surface area contributed by atoms with E-state index in [1.165, 1.54) is 21.6 Å². The van der Waals surface area contributed by atoms with Crippen LogP contribution in [0.5, 0.6) is 0 Å². The van der Waals surface area contributed by atoms with Crippen LogP contribution in [0.15, 0.2) is 21.8 Å². The predicted molar refractivity (Wildman–Crippen MR) is 149 cm³/mol. The van der Waals surface area contributed by atoms with Crippen LogP contribution in [0.2, 0.25) is 0 Å². The van der Waals surface area contributed by atoms with Crippen molar-refractivity contribution < 1.29 is 40.0 Å². The van der Waals surface area contributed by atoms with Gasteiger partial charge in [-0.3, -0.25) is 9.36 Å². The fraction of sp³-hybridized carbons (Fsp3) is 0.600. The molecule has 3 aliphatic rings. The second-order valence-corrected chi connectivity index (χ2v) is 13.5. The number of rotatable bonds is 10. The quantitative estimate of drug-likeness (QED) is 0.346. The van der Waals surface area contributed by atoms with Crippen molar-refractivity contribution in [1.29, 1.82) is 0 Å². The van der Waals surface area contributed by atoms with Gasteiger partial charge in [-0.1, -0.05) is 11.3 Å². The summed E-state index contributed by atoms with van der Waals surface area (Å²) in [6.07, 6.45) is -2.39. The third kappa shape index (κ3) is 5.01. The number of anilines is 1. The van der Waals surface area contributed by atoms with Crippen LogP contribution in [0.3, 0.4) is 0 Å². The normalized spacial score (nSPS) is 21.0. The lowest BCUT2D eigenvalue weighted by atomic mass is 10.0. The summed E-state index contributed by atoms with van der Waals surface area (Å²) in [6, 6.07) is 2.54. The second kappa shape index (κ2) is 10.8. The molecule has 3 aromatic rings. The third-order valence-corrected chi connectivity index (χ3v) is 10.4. The molecule has 0 spiro atoms. The van der Waals surface area contributed by atoms with E-state index in [-0.39, 0.29) is 79.8 Å². The second-order valence-electron chi connectivity index (χ2n) is 10.8. The van der Waals surface area contributed by atoms with Gasteiger partial charge in [0, 0.05) is 39.8 Å². The van der Waals surface area contributed by atoms with Crippen molar-refractivity contribution in [3.63, 3.8) is 0 Å². The van der Waals surface area contributed by atoms with Crippen LogP contribution in [0.1, 0.15) is 35.3 Å². The van der Waals surface area contributed by atoms with Crippen LogP contribution < -0.4 is 15.3 Å². The molecule has 0 unspecified atom stereocenters. The maximum atomic E-state index is 13.9. The van der Waals surface area contributed by atoms with Crippen molar-refractivity contribution in [3.8, 4) is 5.13 Å². The van der Waals surface area contributed by atoms with Crippen LogP contribution >= 0.6 is 11.3 Å². The van der Waals surface area contributed by atoms with E-state index in [4.69, 9.17) is 13.6 Å². The molecule has 1 N–H and O–H groups in total. The van der Waals surface area contributed by atoms with Gasteiger partial charge in [-0.2, -0.15) is 4.72 Å². The van der Waals surface area contributed by atoms with E-state index in [1.807, 2.05) is 0 Å². The molecule has 4 heterocycles. The van der Waals surface area contributed by atoms with Crippen LogP contribution in [-0.2, 0) is 30.8 Å². The standard InChI is InChI=1S/C25H30F3N7O6S2/c1-3-34-18-16(32-6-8-33(9-7-32)21(36)25(40-2)4-5-25)10-15(43(38,39)31-24(12-26)13-41-14-24)11-17(18)35(23(34)37)22-30-29-20(42-22)19(27)28/h10-11,19,31H,3-9,12-14H2,1-2H3/i2D3. The van der Waals surface area contributed by atoms with E-state index in [9.17, 15) is 31.2 Å². The van der Waals surface area contributed by atoms with E-state index >= 15 is 0 Å². The summed E-state index contributed by atoms with van der Waals surface area (Å²) < 4.78 is 105. The average molecular weight is 649 g/mol. The van der Waals surface area contributed by atoms with Crippen LogP contribution in [0.25, 0.3) is 16.2 Å². The highest BCUT2D eigenvalue weighted by atomic mass is 32.2. The van der Waals surface area contributed by atoms with Gasteiger partial charge in [0.1, 0.15) is 17.8 Å². The topological polar surface area (TPSA) is 141 Å². The number of alkyl halides is 3. The smallest absolute Gasteiger partial charge is 0.335 e. The molecule has 43 heavy (non-hydrogen) atoms. The van der Waals surface area contributed by atoms with Gasteiger partial charge < -0.3 is 19.3 Å². The van der Waals surface area contributed by atoms with Gasteiger partial charge in [0.2, 0.25) is 15.2 Å². The maximum absolute atomic E-state index is 13.9. The number of sulfonamides is 1. The minimum absolute atomic E-state index is 0.0439. The number of aromatic nitrogens is 4. The molecule has 2 aliphatic heterocycles. The van der Waals surface area contributed by atoms with Crippen molar-refractivity contribution in [3.05, 3.63) is 27.6 Å². The number of imidazole rings is 1. The van der Waals surface area contributed by atoms with Crippen LogP contribution in [0.4, 0.5) is 18.9 Å². The van der Waals surface area contributed by atoms with Gasteiger partial charge in [-0.15, -0.1) is 10.2 Å². The van der Waals surface area contributed by atoms with Gasteiger partial charge in [0.05, 0.1) is 38.9 Å². The highest BCUT2D eigenvalue weighted by Crippen LogP contribution is 2.41. The van der Waals surface area contributed by atoms with Gasteiger partial charge in [0.15, 0.2) is 5.01 Å². The Morgan fingerprint density at radius 2 is 1.95 bits per heavy atom. The fourth-order valence-corrected chi connectivity index (χ4v) is 7.49. The largest absolute Gasteiger partial charge is 0.377 e. The number of hydrogen-bond donors (Lipinski definition) is 1. The van der Waals surface area contributed by atoms with Gasteiger partial charge >= 0.3 is 5.69 Å². The zero-order chi connectivity index (χ0) is 33.2. The number of nitrogens with zero attached hydrogens (tertiary/aromatic N) is 6. The van der Waals surface area contributed by atoms with E-state index in [0.29, 0.717) is 17.0 Å². The lowest BCUT2D eigenvalue weighted by Crippen LogP contribution is -2.63. The highest BCUT2D eigenvalue weighted by molar-refractivity contribution is 7.89. The molecule has 234 valence electrons. The summed E-state index contributed by atoms with van der Waals surface area (Å²) in [6.45, 7) is 1.02. The first-order valence-corrected chi connectivity index (χ1v) is 15.8. The lowest BCUT2D eigenvalue weighted by molar-refractivity contribution is -0.144. The Balaban J connectivity index is 1.42. The van der Waals surface area contributed by atoms with E-state index in [0.717, 1.165) is 4.57 Å². The molecule has 0 radical (unpaired) electrons. The van der Waals surface area contributed by atoms with E-state index in [2.05, 4.69) is 14.9 Å². The number of carbonyl (C=O) groups excluding carboxylic acids is 1. The minimum atomic E-state index is -4.42. The van der Waals surface area contributed by atoms with Gasteiger partial charge in [0.25, 0.3) is 12.3 Å². The van der Waals surface area contributed by atoms with E-state index < -0.39 is 57.9 Å². The summed E-state index contributed by atoms with van der Waals surface area (Å²) >= 11 is 0.480. The first-order chi connectivity index (χ1) is 21.6. The zero-order valence-electron chi connectivity index (χ0n) is 25.9. The Bertz CT molecular complexity index is 1830. The SMILES string of the molecule is [2H]C([2H])([2H])OC1(C(=O)N2CCN(c3cc(S(=O)(=O)NC4(CF)COC4)cc4c3n(CC)c(=O)n4-c3nnc(C(F)F)s3)CC2)CC1. The van der Waals surface area contributed by atoms with Crippen molar-refractivity contribution in [2.24, 2.45) is 0 Å². The molecule has 1 saturated carbocycles. The number of aryl methyl sites for hydroxylation is 1. The number of halogens is 3. The zero-order valence-corrected chi connectivity index (χ0v) is 24.5. The molecule has 1 aliphatic carbocycles. The molecule has 1 aromatic carbocycles. The molecule has 3 fully saturated rings. The molecule has 13 nitrogen and oxygen atoms in total. The Hall–Kier alpha value is -3.06. The van der Waals surface area contributed by atoms with Gasteiger partial charge in [-0.25, -0.2) is 31.0 Å². The molecular weight excluding hydrogens is 615 g/mol. The monoisotopic (exact) mass is 648 g/mol. The number of amides is 1. The number of methoxy groups -OCH3 is 1. The molecular formula is C25H30F3N7O6S2. The van der Waals surface area contributed by atoms with Gasteiger partial charge in [-0.05, 0) is 31.9 Å². The number of benzene rings is 1. The molecule has 18 heteroatoms. The number of hydrogen-bond acceptors (Lipinski definition) is 10. The predicted octanol–water partition coefficient (Wildman–Crippen LogP) is 1.45. The Labute approximate surface area is 252 Å². The maximum Gasteiger partial charge on any atom is 0.335 e. The molecule has 0 atom stereocenters. The fourth-order valence-electron chi connectivity index (χ4n) is 5.39. The van der Waals surface area contributed by atoms with E-state index in [1.54, 1.807) is 11.8 Å². The Morgan fingerprint density at radius 1 is 1.23 bits per heavy atom. The first kappa shape index (κ1) is 26.4. The third-order valence-electron chi connectivity index (χ3n) is 7.97. The van der Waals surface area contributed by atoms with Crippen molar-refractivity contribution >= 4 is 44.0 Å². The molecule has 1 amide bonds. The first-order valence-electron chi connectivity index (χ1n) is 15.0.